The van der Waals surface area contributed by atoms with E-state index in [1.807, 2.05) is 48.7 Å². The van der Waals surface area contributed by atoms with Gasteiger partial charge in [0.25, 0.3) is 0 Å². The Bertz CT molecular complexity index is 2380. The van der Waals surface area contributed by atoms with Crippen LogP contribution >= 0.6 is 0 Å². The summed E-state index contributed by atoms with van der Waals surface area (Å²) >= 11 is 0. The maximum absolute atomic E-state index is 12.3. The molecule has 8 rings (SSSR count). The van der Waals surface area contributed by atoms with Crippen LogP contribution in [0.2, 0.25) is 0 Å². The Kier molecular flexibility index (Phi) is 9.05. The van der Waals surface area contributed by atoms with Crippen molar-refractivity contribution < 1.29 is 26.2 Å². The normalized spacial score (nSPS) is 13.2. The predicted molar refractivity (Wildman–Crippen MR) is 210 cm³/mol. The van der Waals surface area contributed by atoms with Crippen molar-refractivity contribution in [2.75, 3.05) is 9.80 Å². The van der Waals surface area contributed by atoms with Gasteiger partial charge in [0, 0.05) is 49.7 Å². The topological polar surface area (TPSA) is 52.5 Å². The second-order valence-corrected chi connectivity index (χ2v) is 14.9. The monoisotopic (exact) mass is 860 g/mol. The fourth-order valence-corrected chi connectivity index (χ4v) is 7.44. The molecule has 0 saturated heterocycles. The van der Waals surface area contributed by atoms with Gasteiger partial charge in [-0.3, -0.25) is 4.98 Å². The van der Waals surface area contributed by atoms with E-state index in [2.05, 4.69) is 142 Å². The first-order valence-corrected chi connectivity index (χ1v) is 17.5. The third kappa shape index (κ3) is 5.97. The summed E-state index contributed by atoms with van der Waals surface area (Å²) in [7, 11) is 0. The summed E-state index contributed by atoms with van der Waals surface area (Å²) in [5.74, 6) is 0.976. The van der Waals surface area contributed by atoms with Gasteiger partial charge in [0.05, 0.1) is 5.69 Å². The van der Waals surface area contributed by atoms with Gasteiger partial charge in [-0.05, 0) is 94.4 Å². The number of anilines is 6. The molecule has 0 spiro atoms. The third-order valence-corrected chi connectivity index (χ3v) is 10.1. The second kappa shape index (κ2) is 13.4. The van der Waals surface area contributed by atoms with Crippen LogP contribution in [-0.4, -0.2) is 15.1 Å². The smallest absolute Gasteiger partial charge is 0.165 e. The number of phenolic OH excluding ortho intramolecular Hbond substituents is 1. The molecule has 1 aliphatic rings. The molecule has 0 saturated carbocycles. The summed E-state index contributed by atoms with van der Waals surface area (Å²) in [6, 6.07) is 47.4. The first-order chi connectivity index (χ1) is 24.5. The number of aromatic hydroxyl groups is 1. The molecule has 0 fully saturated rings. The number of pyridine rings is 2. The van der Waals surface area contributed by atoms with Crippen LogP contribution in [0.25, 0.3) is 22.2 Å². The second-order valence-electron chi connectivity index (χ2n) is 14.9. The van der Waals surface area contributed by atoms with Gasteiger partial charge in [-0.2, -0.15) is 0 Å². The number of para-hydroxylation sites is 3. The Morgan fingerprint density at radius 1 is 0.750 bits per heavy atom. The fourth-order valence-electron chi connectivity index (χ4n) is 7.44. The minimum absolute atomic E-state index is 0. The van der Waals surface area contributed by atoms with Crippen molar-refractivity contribution in [1.82, 2.24) is 9.97 Å². The summed E-state index contributed by atoms with van der Waals surface area (Å²) in [5.41, 5.74) is 10.9. The molecule has 52 heavy (non-hydrogen) atoms. The molecular formula is C46H41N4OPt-. The Morgan fingerprint density at radius 2 is 1.40 bits per heavy atom. The van der Waals surface area contributed by atoms with E-state index < -0.39 is 0 Å². The average Bonchev–Trinajstić information content (AvgIpc) is 3.13. The number of phenols is 1. The van der Waals surface area contributed by atoms with E-state index in [0.29, 0.717) is 11.2 Å². The number of aryl methyl sites for hydroxylation is 1. The fraction of sp³-hybridized carbons (Fsp3) is 0.174. The van der Waals surface area contributed by atoms with E-state index in [4.69, 9.17) is 9.97 Å². The van der Waals surface area contributed by atoms with Crippen LogP contribution in [0.5, 0.6) is 5.75 Å². The molecule has 0 bridgehead atoms. The molecule has 0 radical (unpaired) electrons. The van der Waals surface area contributed by atoms with Crippen LogP contribution in [0.1, 0.15) is 56.9 Å². The summed E-state index contributed by atoms with van der Waals surface area (Å²) < 4.78 is 0. The van der Waals surface area contributed by atoms with Crippen LogP contribution in [0.15, 0.2) is 134 Å². The molecule has 7 aromatic rings. The number of fused-ring (bicyclic) bond motifs is 3. The number of hydrogen-bond donors (Lipinski definition) is 1. The number of benzene rings is 5. The largest absolute Gasteiger partial charge is 0.504 e. The molecule has 1 aliphatic heterocycles. The van der Waals surface area contributed by atoms with Crippen molar-refractivity contribution in [2.24, 2.45) is 0 Å². The Labute approximate surface area is 320 Å². The summed E-state index contributed by atoms with van der Waals surface area (Å²) in [4.78, 5) is 14.4. The van der Waals surface area contributed by atoms with E-state index in [0.717, 1.165) is 61.9 Å². The van der Waals surface area contributed by atoms with Crippen LogP contribution in [0.3, 0.4) is 0 Å². The van der Waals surface area contributed by atoms with Gasteiger partial charge in [0.15, 0.2) is 5.75 Å². The molecule has 5 nitrogen and oxygen atoms in total. The van der Waals surface area contributed by atoms with E-state index >= 15 is 0 Å². The quantitative estimate of drug-likeness (QED) is 0.175. The minimum atomic E-state index is -0.259. The van der Waals surface area contributed by atoms with Crippen molar-refractivity contribution >= 4 is 45.2 Å². The molecule has 6 heteroatoms. The zero-order chi connectivity index (χ0) is 35.5. The zero-order valence-electron chi connectivity index (χ0n) is 30.3. The number of nitrogens with zero attached hydrogens (tertiary/aromatic N) is 4. The van der Waals surface area contributed by atoms with Gasteiger partial charge in [0.2, 0.25) is 0 Å². The van der Waals surface area contributed by atoms with Crippen molar-refractivity contribution in [3.63, 3.8) is 0 Å². The Morgan fingerprint density at radius 3 is 2.06 bits per heavy atom. The van der Waals surface area contributed by atoms with Crippen molar-refractivity contribution in [1.29, 1.82) is 0 Å². The molecule has 3 heterocycles. The molecule has 0 amide bonds. The minimum Gasteiger partial charge on any atom is -0.504 e. The molecule has 2 aromatic heterocycles. The summed E-state index contributed by atoms with van der Waals surface area (Å²) in [6.45, 7) is 13.2. The van der Waals surface area contributed by atoms with Crippen molar-refractivity contribution in [3.05, 3.63) is 162 Å². The zero-order valence-corrected chi connectivity index (χ0v) is 32.5. The Balaban J connectivity index is 0.00000420. The SMILES string of the molecule is Cc1ccnc(N2c3[c-]c(-c4ccc5c(C(C)(C)C)cc(N(c6ccccc6)c6ccccc6)c(O)c5n4)ccc3C(C)(C)c3ccccc32)c1.[Pt]. The first kappa shape index (κ1) is 35.2. The van der Waals surface area contributed by atoms with Gasteiger partial charge in [-0.15, -0.1) is 23.8 Å². The predicted octanol–water partition coefficient (Wildman–Crippen LogP) is 12.0. The van der Waals surface area contributed by atoms with Crippen LogP contribution in [0.4, 0.5) is 34.3 Å². The molecular weight excluding hydrogens is 820 g/mol. The van der Waals surface area contributed by atoms with E-state index in [9.17, 15) is 5.11 Å². The maximum atomic E-state index is 12.3. The first-order valence-electron chi connectivity index (χ1n) is 17.5. The van der Waals surface area contributed by atoms with E-state index in [1.165, 1.54) is 5.56 Å². The average molecular weight is 861 g/mol. The van der Waals surface area contributed by atoms with Crippen molar-refractivity contribution in [2.45, 2.75) is 52.4 Å². The van der Waals surface area contributed by atoms with Crippen LogP contribution < -0.4 is 9.80 Å². The molecule has 0 atom stereocenters. The van der Waals surface area contributed by atoms with Gasteiger partial charge < -0.3 is 14.9 Å². The number of aromatic nitrogens is 2. The standard InChI is InChI=1S/C46H41N4O.Pt/c1-30-25-26-47-42(27-30)50-39-20-14-13-19-35(39)46(5,6)36-23-21-31(28-40(36)50)38-24-22-34-37(45(2,3)4)29-41(44(51)43(34)48-38)49(32-15-9-7-10-16-32)33-17-11-8-12-18-33;/h7-27,29,51H,1-6H3;/q-1;. The summed E-state index contributed by atoms with van der Waals surface area (Å²) in [5, 5.41) is 13.2. The van der Waals surface area contributed by atoms with Gasteiger partial charge in [-0.25, -0.2) is 4.98 Å². The van der Waals surface area contributed by atoms with Gasteiger partial charge in [-0.1, -0.05) is 107 Å². The molecule has 1 N–H and O–H groups in total. The Hall–Kier alpha value is -5.25. The van der Waals surface area contributed by atoms with Crippen LogP contribution in [-0.2, 0) is 31.9 Å². The van der Waals surface area contributed by atoms with Crippen molar-refractivity contribution in [3.8, 4) is 17.0 Å². The third-order valence-electron chi connectivity index (χ3n) is 10.1. The van der Waals surface area contributed by atoms with E-state index in [-0.39, 0.29) is 37.6 Å². The summed E-state index contributed by atoms with van der Waals surface area (Å²) in [6.07, 6.45) is 1.86. The van der Waals surface area contributed by atoms with Gasteiger partial charge in [0.1, 0.15) is 11.3 Å². The maximum Gasteiger partial charge on any atom is 0.165 e. The number of rotatable bonds is 5. The molecule has 5 aromatic carbocycles. The molecule has 0 aliphatic carbocycles. The number of hydrogen-bond acceptors (Lipinski definition) is 5. The molecule has 262 valence electrons. The van der Waals surface area contributed by atoms with E-state index in [1.54, 1.807) is 0 Å². The van der Waals surface area contributed by atoms with Gasteiger partial charge >= 0.3 is 0 Å². The molecule has 0 unspecified atom stereocenters. The van der Waals surface area contributed by atoms with Crippen LogP contribution in [0, 0.1) is 13.0 Å².